The highest BCUT2D eigenvalue weighted by atomic mass is 16.6. The van der Waals surface area contributed by atoms with Gasteiger partial charge in [-0.15, -0.1) is 0 Å². The molecule has 0 aromatic carbocycles. The van der Waals surface area contributed by atoms with Crippen molar-refractivity contribution in [3.05, 3.63) is 0 Å². The van der Waals surface area contributed by atoms with E-state index in [1.54, 1.807) is 0 Å². The lowest BCUT2D eigenvalue weighted by atomic mass is 9.35. The fraction of sp³-hybridized carbons (Fsp3) is 1.00. The summed E-state index contributed by atoms with van der Waals surface area (Å²) in [5.74, 6) is 0. The van der Waals surface area contributed by atoms with Crippen LogP contribution in [0.2, 0.25) is 0 Å². The van der Waals surface area contributed by atoms with Crippen LogP contribution in [-0.4, -0.2) is 129 Å². The molecule has 0 aromatic rings. The maximum absolute atomic E-state index is 8.58. The van der Waals surface area contributed by atoms with Crippen LogP contribution in [0.4, 0.5) is 0 Å². The zero-order valence-electron chi connectivity index (χ0n) is 20.0. The van der Waals surface area contributed by atoms with Crippen LogP contribution in [0.1, 0.15) is 19.3 Å². The monoisotopic (exact) mass is 480 g/mol. The summed E-state index contributed by atoms with van der Waals surface area (Å²) >= 11 is 0. The van der Waals surface area contributed by atoms with Gasteiger partial charge in [0.05, 0.1) is 119 Å². The quantitative estimate of drug-likeness (QED) is 0.167. The van der Waals surface area contributed by atoms with Gasteiger partial charge in [0.15, 0.2) is 0 Å². The minimum absolute atomic E-state index is 0.0390. The Labute approximate surface area is 197 Å². The van der Waals surface area contributed by atoms with E-state index in [4.69, 9.17) is 48.1 Å². The average Bonchev–Trinajstić information content (AvgIpc) is 2.77. The summed E-state index contributed by atoms with van der Waals surface area (Å²) in [6.07, 6.45) is 3.58. The Kier molecular flexibility index (Phi) is 15.7. The van der Waals surface area contributed by atoms with Crippen LogP contribution in [-0.2, 0) is 37.9 Å². The smallest absolute Gasteiger partial charge is 0.0701 e. The summed E-state index contributed by atoms with van der Waals surface area (Å²) in [5.41, 5.74) is 0.742. The van der Waals surface area contributed by atoms with E-state index in [-0.39, 0.29) is 13.2 Å². The molecule has 33 heavy (non-hydrogen) atoms. The van der Waals surface area contributed by atoms with Gasteiger partial charge in [0.1, 0.15) is 0 Å². The fourth-order valence-corrected chi connectivity index (χ4v) is 4.56. The van der Waals surface area contributed by atoms with E-state index in [1.807, 2.05) is 0 Å². The van der Waals surface area contributed by atoms with Crippen LogP contribution in [0.15, 0.2) is 0 Å². The number of aliphatic hydroxyl groups excluding tert-OH is 2. The third-order valence-corrected chi connectivity index (χ3v) is 5.77. The maximum atomic E-state index is 8.58. The lowest BCUT2D eigenvalue weighted by Crippen LogP contribution is -2.65. The minimum atomic E-state index is 0.0390. The SMILES string of the molecule is OCCOCCOCCOCCOCC12CC(COCCOCCOCCOCCO)(C1)C2. The summed E-state index contributed by atoms with van der Waals surface area (Å²) in [4.78, 5) is 0. The van der Waals surface area contributed by atoms with Crippen molar-refractivity contribution in [3.63, 3.8) is 0 Å². The van der Waals surface area contributed by atoms with Crippen LogP contribution < -0.4 is 0 Å². The van der Waals surface area contributed by atoms with Crippen molar-refractivity contribution in [2.75, 3.05) is 119 Å². The van der Waals surface area contributed by atoms with Crippen molar-refractivity contribution in [2.24, 2.45) is 10.8 Å². The summed E-state index contributed by atoms with van der Waals surface area (Å²) in [7, 11) is 0. The second kappa shape index (κ2) is 18.0. The van der Waals surface area contributed by atoms with E-state index in [9.17, 15) is 0 Å². The van der Waals surface area contributed by atoms with Gasteiger partial charge in [-0.05, 0) is 30.1 Å². The van der Waals surface area contributed by atoms with Gasteiger partial charge >= 0.3 is 0 Å². The van der Waals surface area contributed by atoms with E-state index in [0.717, 1.165) is 13.2 Å². The molecule has 3 saturated carbocycles. The largest absolute Gasteiger partial charge is 0.394 e. The molecule has 0 aromatic heterocycles. The molecule has 196 valence electrons. The topological polar surface area (TPSA) is 114 Å². The molecule has 0 radical (unpaired) electrons. The lowest BCUT2D eigenvalue weighted by Gasteiger charge is -2.70. The highest BCUT2D eigenvalue weighted by Crippen LogP contribution is 2.73. The predicted molar refractivity (Wildman–Crippen MR) is 119 cm³/mol. The van der Waals surface area contributed by atoms with E-state index in [1.165, 1.54) is 19.3 Å². The van der Waals surface area contributed by atoms with Gasteiger partial charge in [-0.2, -0.15) is 0 Å². The Morgan fingerprint density at radius 1 is 0.364 bits per heavy atom. The first-order valence-electron chi connectivity index (χ1n) is 12.1. The third kappa shape index (κ3) is 12.2. The number of hydrogen-bond acceptors (Lipinski definition) is 10. The highest BCUT2D eigenvalue weighted by Gasteiger charge is 2.67. The molecule has 0 aliphatic heterocycles. The summed E-state index contributed by atoms with van der Waals surface area (Å²) < 4.78 is 43.6. The summed E-state index contributed by atoms with van der Waals surface area (Å²) in [6.45, 7) is 8.97. The Bertz CT molecular complexity index is 407. The number of ether oxygens (including phenoxy) is 8. The molecule has 3 rings (SSSR count). The lowest BCUT2D eigenvalue weighted by molar-refractivity contribution is -0.254. The fourth-order valence-electron chi connectivity index (χ4n) is 4.56. The van der Waals surface area contributed by atoms with Gasteiger partial charge in [0, 0.05) is 0 Å². The van der Waals surface area contributed by atoms with Crippen LogP contribution in [0, 0.1) is 10.8 Å². The van der Waals surface area contributed by atoms with Crippen LogP contribution in [0.3, 0.4) is 0 Å². The molecule has 3 fully saturated rings. The zero-order chi connectivity index (χ0) is 23.5. The Morgan fingerprint density at radius 3 is 0.879 bits per heavy atom. The van der Waals surface area contributed by atoms with Crippen molar-refractivity contribution >= 4 is 0 Å². The van der Waals surface area contributed by atoms with Gasteiger partial charge in [0.2, 0.25) is 0 Å². The van der Waals surface area contributed by atoms with E-state index in [0.29, 0.717) is 103 Å². The first-order valence-corrected chi connectivity index (χ1v) is 12.1. The minimum Gasteiger partial charge on any atom is -0.394 e. The molecule has 0 amide bonds. The second-order valence-electron chi connectivity index (χ2n) is 8.76. The average molecular weight is 481 g/mol. The van der Waals surface area contributed by atoms with Crippen LogP contribution in [0.5, 0.6) is 0 Å². The molecule has 0 saturated heterocycles. The maximum Gasteiger partial charge on any atom is 0.0701 e. The molecule has 3 aliphatic carbocycles. The molecule has 0 heterocycles. The first-order chi connectivity index (χ1) is 16.2. The molecule has 10 nitrogen and oxygen atoms in total. The first kappa shape index (κ1) is 28.8. The number of rotatable bonds is 26. The molecular weight excluding hydrogens is 436 g/mol. The molecule has 2 bridgehead atoms. The predicted octanol–water partition coefficient (Wildman–Crippen LogP) is 0.274. The molecule has 0 atom stereocenters. The van der Waals surface area contributed by atoms with E-state index >= 15 is 0 Å². The number of aliphatic hydroxyl groups is 2. The molecular formula is C23H44O10. The summed E-state index contributed by atoms with van der Waals surface area (Å²) in [6, 6.07) is 0. The third-order valence-electron chi connectivity index (χ3n) is 5.77. The molecule has 0 unspecified atom stereocenters. The summed E-state index contributed by atoms with van der Waals surface area (Å²) in [5, 5.41) is 17.2. The van der Waals surface area contributed by atoms with Gasteiger partial charge in [-0.3, -0.25) is 0 Å². The molecule has 2 N–H and O–H groups in total. The van der Waals surface area contributed by atoms with Crippen molar-refractivity contribution in [1.82, 2.24) is 0 Å². The molecule has 3 aliphatic rings. The van der Waals surface area contributed by atoms with Gasteiger partial charge in [0.25, 0.3) is 0 Å². The Hall–Kier alpha value is -0.400. The van der Waals surface area contributed by atoms with Crippen molar-refractivity contribution in [1.29, 1.82) is 0 Å². The van der Waals surface area contributed by atoms with Gasteiger partial charge < -0.3 is 48.1 Å². The van der Waals surface area contributed by atoms with Crippen LogP contribution in [0.25, 0.3) is 0 Å². The van der Waals surface area contributed by atoms with Crippen molar-refractivity contribution in [2.45, 2.75) is 19.3 Å². The zero-order valence-corrected chi connectivity index (χ0v) is 20.0. The molecule has 0 spiro atoms. The van der Waals surface area contributed by atoms with Gasteiger partial charge in [-0.1, -0.05) is 0 Å². The van der Waals surface area contributed by atoms with E-state index < -0.39 is 0 Å². The van der Waals surface area contributed by atoms with Crippen molar-refractivity contribution in [3.8, 4) is 0 Å². The molecule has 10 heteroatoms. The Morgan fingerprint density at radius 2 is 0.606 bits per heavy atom. The van der Waals surface area contributed by atoms with E-state index in [2.05, 4.69) is 0 Å². The standard InChI is InChI=1S/C23H44O10/c24-1-3-26-5-7-28-9-11-30-13-15-32-20-22-17-23(18-22,19-22)21-33-16-14-31-12-10-29-8-6-27-4-2-25/h24-25H,1-21H2. The van der Waals surface area contributed by atoms with Crippen molar-refractivity contribution < 1.29 is 48.1 Å². The normalized spacial score (nSPS) is 23.5. The highest BCUT2D eigenvalue weighted by molar-refractivity contribution is 5.17. The number of hydrogen-bond donors (Lipinski definition) is 2. The van der Waals surface area contributed by atoms with Gasteiger partial charge in [-0.25, -0.2) is 0 Å². The Balaban J connectivity index is 1.27. The second-order valence-corrected chi connectivity index (χ2v) is 8.76. The van der Waals surface area contributed by atoms with Crippen LogP contribution >= 0.6 is 0 Å².